The van der Waals surface area contributed by atoms with E-state index in [1.807, 2.05) is 37.3 Å². The van der Waals surface area contributed by atoms with Crippen molar-refractivity contribution in [1.29, 1.82) is 0 Å². The van der Waals surface area contributed by atoms with E-state index in [4.69, 9.17) is 4.74 Å². The number of aryl methyl sites for hydroxylation is 1. The molecule has 0 aliphatic carbocycles. The van der Waals surface area contributed by atoms with Crippen LogP contribution in [0.5, 0.6) is 0 Å². The summed E-state index contributed by atoms with van der Waals surface area (Å²) in [6, 6.07) is 9.53. The monoisotopic (exact) mass is 414 g/mol. The van der Waals surface area contributed by atoms with Gasteiger partial charge in [0.05, 0.1) is 24.5 Å². The van der Waals surface area contributed by atoms with Gasteiger partial charge in [-0.2, -0.15) is 4.31 Å². The molecule has 0 N–H and O–H groups in total. The topological polar surface area (TPSA) is 92.7 Å². The van der Waals surface area contributed by atoms with Crippen LogP contribution in [-0.2, 0) is 21.3 Å². The number of amides is 1. The molecule has 0 unspecified atom stereocenters. The summed E-state index contributed by atoms with van der Waals surface area (Å²) in [6.45, 7) is 3.00. The summed E-state index contributed by atoms with van der Waals surface area (Å²) >= 11 is 0. The summed E-state index contributed by atoms with van der Waals surface area (Å²) < 4.78 is 34.1. The molecule has 8 nitrogen and oxygen atoms in total. The molecule has 2 bridgehead atoms. The number of fused-ring (bicyclic) bond motifs is 1. The van der Waals surface area contributed by atoms with Crippen LogP contribution in [0.15, 0.2) is 42.7 Å². The van der Waals surface area contributed by atoms with Gasteiger partial charge in [-0.3, -0.25) is 9.78 Å². The summed E-state index contributed by atoms with van der Waals surface area (Å²) in [5, 5.41) is -0.620. The predicted molar refractivity (Wildman–Crippen MR) is 104 cm³/mol. The van der Waals surface area contributed by atoms with Crippen LogP contribution in [0, 0.1) is 6.92 Å². The van der Waals surface area contributed by atoms with Crippen molar-refractivity contribution >= 4 is 15.9 Å². The summed E-state index contributed by atoms with van der Waals surface area (Å²) in [6.07, 6.45) is 3.17. The van der Waals surface area contributed by atoms with Crippen LogP contribution in [-0.4, -0.2) is 70.1 Å². The number of ether oxygens (including phenoxy) is 1. The first kappa shape index (κ1) is 18.7. The summed E-state index contributed by atoms with van der Waals surface area (Å²) in [4.78, 5) is 23.0. The third kappa shape index (κ3) is 3.04. The second-order valence-electron chi connectivity index (χ2n) is 8.06. The van der Waals surface area contributed by atoms with Gasteiger partial charge in [-0.05, 0) is 18.9 Å². The molecule has 152 valence electrons. The predicted octanol–water partition coefficient (Wildman–Crippen LogP) is 0.983. The van der Waals surface area contributed by atoms with Crippen molar-refractivity contribution in [3.05, 3.63) is 59.7 Å². The van der Waals surface area contributed by atoms with E-state index in [1.54, 1.807) is 11.1 Å². The van der Waals surface area contributed by atoms with Crippen LogP contribution >= 0.6 is 0 Å². The average Bonchev–Trinajstić information content (AvgIpc) is 3.08. The van der Waals surface area contributed by atoms with Crippen molar-refractivity contribution in [1.82, 2.24) is 19.2 Å². The number of benzene rings is 1. The number of sulfonamides is 1. The summed E-state index contributed by atoms with van der Waals surface area (Å²) in [5.74, 6) is -0.232. The number of rotatable bonds is 3. The number of likely N-dealkylation sites (tertiary alicyclic amines) is 1. The number of carbonyl (C=O) groups excluding carboxylic acids is 1. The van der Waals surface area contributed by atoms with E-state index in [9.17, 15) is 13.2 Å². The zero-order valence-electron chi connectivity index (χ0n) is 16.1. The first-order chi connectivity index (χ1) is 13.9. The molecule has 3 saturated heterocycles. The summed E-state index contributed by atoms with van der Waals surface area (Å²) in [5.41, 5.74) is 1.06. The molecule has 2 aromatic rings. The van der Waals surface area contributed by atoms with Gasteiger partial charge in [0.2, 0.25) is 10.0 Å². The lowest BCUT2D eigenvalue weighted by Crippen LogP contribution is -2.56. The molecular weight excluding hydrogens is 392 g/mol. The zero-order valence-corrected chi connectivity index (χ0v) is 16.9. The van der Waals surface area contributed by atoms with Crippen molar-refractivity contribution < 1.29 is 17.9 Å². The Morgan fingerprint density at radius 2 is 2.00 bits per heavy atom. The fourth-order valence-electron chi connectivity index (χ4n) is 4.70. The molecule has 0 radical (unpaired) electrons. The van der Waals surface area contributed by atoms with Crippen molar-refractivity contribution in [3.63, 3.8) is 0 Å². The Morgan fingerprint density at radius 3 is 2.72 bits per heavy atom. The smallest absolute Gasteiger partial charge is 0.274 e. The maximum Gasteiger partial charge on any atom is 0.274 e. The van der Waals surface area contributed by atoms with Crippen molar-refractivity contribution in [2.45, 2.75) is 36.8 Å². The molecule has 1 spiro atoms. The molecule has 3 aliphatic rings. The second-order valence-corrected chi connectivity index (χ2v) is 10.2. The van der Waals surface area contributed by atoms with E-state index in [2.05, 4.69) is 9.97 Å². The Labute approximate surface area is 169 Å². The minimum atomic E-state index is -3.50. The van der Waals surface area contributed by atoms with Gasteiger partial charge in [0, 0.05) is 25.8 Å². The Balaban J connectivity index is 1.41. The quantitative estimate of drug-likeness (QED) is 0.744. The van der Waals surface area contributed by atoms with Gasteiger partial charge in [-0.25, -0.2) is 13.4 Å². The van der Waals surface area contributed by atoms with Gasteiger partial charge >= 0.3 is 0 Å². The first-order valence-electron chi connectivity index (χ1n) is 9.66. The SMILES string of the molecule is Cc1cnc(C(=O)N2C[C@H]3C[C@H]4[C@](C2)(CN(Cc2ccccc2)S4(=O)=O)O3)cn1. The fraction of sp³-hybridized carbons (Fsp3) is 0.450. The van der Waals surface area contributed by atoms with Crippen LogP contribution in [0.2, 0.25) is 0 Å². The number of nitrogens with zero attached hydrogens (tertiary/aromatic N) is 4. The highest BCUT2D eigenvalue weighted by Crippen LogP contribution is 2.47. The third-order valence-electron chi connectivity index (χ3n) is 6.00. The Morgan fingerprint density at radius 1 is 1.21 bits per heavy atom. The Hall–Kier alpha value is -2.36. The normalized spacial score (nSPS) is 30.3. The molecule has 1 aromatic heterocycles. The van der Waals surface area contributed by atoms with E-state index < -0.39 is 20.9 Å². The van der Waals surface area contributed by atoms with Crippen LogP contribution in [0.4, 0.5) is 0 Å². The lowest BCUT2D eigenvalue weighted by atomic mass is 9.99. The highest BCUT2D eigenvalue weighted by Gasteiger charge is 2.65. The maximum absolute atomic E-state index is 13.2. The third-order valence-corrected chi connectivity index (χ3v) is 8.32. The second kappa shape index (κ2) is 6.58. The number of hydrogen-bond acceptors (Lipinski definition) is 6. The van der Waals surface area contributed by atoms with Gasteiger partial charge in [-0.1, -0.05) is 30.3 Å². The van der Waals surface area contributed by atoms with E-state index in [-0.39, 0.29) is 30.8 Å². The molecule has 3 fully saturated rings. The van der Waals surface area contributed by atoms with Gasteiger partial charge in [0.25, 0.3) is 5.91 Å². The molecule has 3 atom stereocenters. The van der Waals surface area contributed by atoms with E-state index in [0.29, 0.717) is 19.5 Å². The van der Waals surface area contributed by atoms with Crippen molar-refractivity contribution in [3.8, 4) is 0 Å². The Bertz CT molecular complexity index is 1040. The molecule has 5 rings (SSSR count). The Kier molecular flexibility index (Phi) is 4.23. The van der Waals surface area contributed by atoms with Crippen LogP contribution in [0.1, 0.15) is 28.2 Å². The largest absolute Gasteiger partial charge is 0.365 e. The van der Waals surface area contributed by atoms with Gasteiger partial charge in [0.1, 0.15) is 16.5 Å². The fourth-order valence-corrected chi connectivity index (χ4v) is 6.99. The average molecular weight is 414 g/mol. The van der Waals surface area contributed by atoms with Crippen molar-refractivity contribution in [2.24, 2.45) is 0 Å². The van der Waals surface area contributed by atoms with Gasteiger partial charge in [0.15, 0.2) is 0 Å². The zero-order chi connectivity index (χ0) is 20.2. The first-order valence-corrected chi connectivity index (χ1v) is 11.2. The number of carbonyl (C=O) groups is 1. The van der Waals surface area contributed by atoms with E-state index in [0.717, 1.165) is 11.3 Å². The summed E-state index contributed by atoms with van der Waals surface area (Å²) in [7, 11) is -3.50. The maximum atomic E-state index is 13.2. The van der Waals surface area contributed by atoms with Gasteiger partial charge < -0.3 is 9.64 Å². The lowest BCUT2D eigenvalue weighted by Gasteiger charge is -2.39. The molecule has 1 amide bonds. The molecule has 9 heteroatoms. The molecule has 4 heterocycles. The number of morpholine rings is 1. The lowest BCUT2D eigenvalue weighted by molar-refractivity contribution is -0.0981. The van der Waals surface area contributed by atoms with Gasteiger partial charge in [-0.15, -0.1) is 0 Å². The molecular formula is C20H22N4O4S. The van der Waals surface area contributed by atoms with Crippen LogP contribution in [0.3, 0.4) is 0 Å². The van der Waals surface area contributed by atoms with Crippen molar-refractivity contribution in [2.75, 3.05) is 19.6 Å². The molecule has 29 heavy (non-hydrogen) atoms. The minimum absolute atomic E-state index is 0.232. The number of hydrogen-bond donors (Lipinski definition) is 0. The van der Waals surface area contributed by atoms with E-state index >= 15 is 0 Å². The van der Waals surface area contributed by atoms with Crippen LogP contribution in [0.25, 0.3) is 0 Å². The minimum Gasteiger partial charge on any atom is -0.365 e. The molecule has 1 aromatic carbocycles. The molecule has 0 saturated carbocycles. The molecule has 3 aliphatic heterocycles. The number of aromatic nitrogens is 2. The highest BCUT2D eigenvalue weighted by molar-refractivity contribution is 7.90. The van der Waals surface area contributed by atoms with Crippen LogP contribution < -0.4 is 0 Å². The highest BCUT2D eigenvalue weighted by atomic mass is 32.2. The van der Waals surface area contributed by atoms with E-state index in [1.165, 1.54) is 10.5 Å². The standard InChI is InChI=1S/C20H22N4O4S/c1-14-8-22-17(9-21-14)19(25)23-11-16-7-18-20(12-23,28-16)13-24(29(18,26)27)10-15-5-3-2-4-6-15/h2-6,8-9,16,18H,7,10-13H2,1H3/t16-,18+,20+/m1/s1.